The van der Waals surface area contributed by atoms with Crippen molar-refractivity contribution in [1.29, 1.82) is 0 Å². The van der Waals surface area contributed by atoms with Gasteiger partial charge in [0.1, 0.15) is 5.75 Å². The van der Waals surface area contributed by atoms with E-state index in [-0.39, 0.29) is 5.92 Å². The Hall–Kier alpha value is -2.34. The third kappa shape index (κ3) is 4.56. The minimum absolute atomic E-state index is 0.167. The molecule has 1 heterocycles. The van der Waals surface area contributed by atoms with Gasteiger partial charge in [0, 0.05) is 17.3 Å². The number of rotatable bonds is 5. The number of anilines is 1. The highest BCUT2D eigenvalue weighted by atomic mass is 32.1. The van der Waals surface area contributed by atoms with Crippen molar-refractivity contribution in [2.45, 2.75) is 19.8 Å². The van der Waals surface area contributed by atoms with Gasteiger partial charge < -0.3 is 15.4 Å². The van der Waals surface area contributed by atoms with Crippen LogP contribution in [0.5, 0.6) is 5.75 Å². The van der Waals surface area contributed by atoms with Crippen molar-refractivity contribution in [3.63, 3.8) is 0 Å². The first-order valence-corrected chi connectivity index (χ1v) is 8.16. The standard InChI is InChI=1S/C17H20N2O3S/c1-11-6-7-13(14(9-11)22-3)19-17(21)16(20)18-10-12(2)15-5-4-8-23-15/h4-9,12H,10H2,1-3H3,(H,18,20)(H,19,21)/t12-/m0/s1. The van der Waals surface area contributed by atoms with E-state index in [4.69, 9.17) is 4.74 Å². The van der Waals surface area contributed by atoms with Crippen LogP contribution in [0, 0.1) is 6.92 Å². The van der Waals surface area contributed by atoms with Crippen molar-refractivity contribution in [1.82, 2.24) is 5.32 Å². The van der Waals surface area contributed by atoms with E-state index in [0.29, 0.717) is 18.0 Å². The van der Waals surface area contributed by atoms with E-state index in [1.165, 1.54) is 12.0 Å². The molecular formula is C17H20N2O3S. The molecule has 0 aliphatic heterocycles. The number of methoxy groups -OCH3 is 1. The number of aryl methyl sites for hydroxylation is 1. The van der Waals surface area contributed by atoms with Crippen LogP contribution in [0.4, 0.5) is 5.69 Å². The Morgan fingerprint density at radius 2 is 2.04 bits per heavy atom. The summed E-state index contributed by atoms with van der Waals surface area (Å²) >= 11 is 1.63. The molecule has 1 aromatic carbocycles. The fourth-order valence-corrected chi connectivity index (χ4v) is 2.87. The fourth-order valence-electron chi connectivity index (χ4n) is 2.08. The lowest BCUT2D eigenvalue weighted by atomic mass is 10.1. The number of amides is 2. The quantitative estimate of drug-likeness (QED) is 0.827. The first-order chi connectivity index (χ1) is 11.0. The predicted molar refractivity (Wildman–Crippen MR) is 92.1 cm³/mol. The Bertz CT molecular complexity index is 683. The number of nitrogens with one attached hydrogen (secondary N) is 2. The monoisotopic (exact) mass is 332 g/mol. The number of carbonyl (C=O) groups is 2. The Balaban J connectivity index is 1.91. The number of hydrogen-bond acceptors (Lipinski definition) is 4. The van der Waals surface area contributed by atoms with Crippen LogP contribution in [0.3, 0.4) is 0 Å². The summed E-state index contributed by atoms with van der Waals surface area (Å²) in [5.41, 5.74) is 1.48. The zero-order chi connectivity index (χ0) is 16.8. The van der Waals surface area contributed by atoms with E-state index in [1.807, 2.05) is 37.4 Å². The SMILES string of the molecule is COc1cc(C)ccc1NC(=O)C(=O)NC[C@H](C)c1cccs1. The lowest BCUT2D eigenvalue weighted by Crippen LogP contribution is -2.37. The molecule has 0 unspecified atom stereocenters. The molecule has 0 bridgehead atoms. The Labute approximate surface area is 139 Å². The van der Waals surface area contributed by atoms with Crippen LogP contribution in [0.15, 0.2) is 35.7 Å². The molecule has 0 fully saturated rings. The summed E-state index contributed by atoms with van der Waals surface area (Å²) in [6, 6.07) is 9.34. The molecule has 2 N–H and O–H groups in total. The number of benzene rings is 1. The maximum atomic E-state index is 12.0. The van der Waals surface area contributed by atoms with Crippen molar-refractivity contribution in [3.8, 4) is 5.75 Å². The molecule has 2 aromatic rings. The highest BCUT2D eigenvalue weighted by Gasteiger charge is 2.17. The van der Waals surface area contributed by atoms with E-state index >= 15 is 0 Å². The first kappa shape index (κ1) is 17.0. The Morgan fingerprint density at radius 3 is 2.70 bits per heavy atom. The molecular weight excluding hydrogens is 312 g/mol. The minimum Gasteiger partial charge on any atom is -0.495 e. The van der Waals surface area contributed by atoms with E-state index in [9.17, 15) is 9.59 Å². The molecule has 2 rings (SSSR count). The summed E-state index contributed by atoms with van der Waals surface area (Å²) in [6.45, 7) is 4.34. The van der Waals surface area contributed by atoms with Gasteiger partial charge in [-0.1, -0.05) is 19.1 Å². The minimum atomic E-state index is -0.703. The second-order valence-corrected chi connectivity index (χ2v) is 6.26. The number of carbonyl (C=O) groups excluding carboxylic acids is 2. The Kier molecular flexibility index (Phi) is 5.76. The molecule has 1 aromatic heterocycles. The average Bonchev–Trinajstić information content (AvgIpc) is 3.08. The smallest absolute Gasteiger partial charge is 0.313 e. The summed E-state index contributed by atoms with van der Waals surface area (Å²) in [5.74, 6) is -0.666. The molecule has 0 saturated carbocycles. The molecule has 6 heteroatoms. The van der Waals surface area contributed by atoms with Gasteiger partial charge in [-0.3, -0.25) is 9.59 Å². The van der Waals surface area contributed by atoms with Crippen LogP contribution in [-0.4, -0.2) is 25.5 Å². The third-order valence-electron chi connectivity index (χ3n) is 3.41. The molecule has 2 amide bonds. The molecule has 1 atom stereocenters. The van der Waals surface area contributed by atoms with Gasteiger partial charge in [-0.2, -0.15) is 0 Å². The van der Waals surface area contributed by atoms with Crippen LogP contribution < -0.4 is 15.4 Å². The maximum absolute atomic E-state index is 12.0. The number of ether oxygens (including phenoxy) is 1. The van der Waals surface area contributed by atoms with E-state index in [1.54, 1.807) is 23.5 Å². The third-order valence-corrected chi connectivity index (χ3v) is 4.51. The molecule has 5 nitrogen and oxygen atoms in total. The molecule has 0 aliphatic rings. The van der Waals surface area contributed by atoms with Crippen LogP contribution in [0.1, 0.15) is 23.3 Å². The molecule has 0 aliphatic carbocycles. The first-order valence-electron chi connectivity index (χ1n) is 7.28. The van der Waals surface area contributed by atoms with E-state index < -0.39 is 11.8 Å². The van der Waals surface area contributed by atoms with Crippen LogP contribution in [-0.2, 0) is 9.59 Å². The number of hydrogen-bond donors (Lipinski definition) is 2. The summed E-state index contributed by atoms with van der Waals surface area (Å²) in [4.78, 5) is 25.1. The van der Waals surface area contributed by atoms with Crippen LogP contribution >= 0.6 is 11.3 Å². The van der Waals surface area contributed by atoms with Gasteiger partial charge in [0.25, 0.3) is 0 Å². The highest BCUT2D eigenvalue weighted by Crippen LogP contribution is 2.25. The zero-order valence-corrected chi connectivity index (χ0v) is 14.2. The highest BCUT2D eigenvalue weighted by molar-refractivity contribution is 7.10. The summed E-state index contributed by atoms with van der Waals surface area (Å²) in [5, 5.41) is 7.22. The van der Waals surface area contributed by atoms with Crippen LogP contribution in [0.2, 0.25) is 0 Å². The van der Waals surface area contributed by atoms with Crippen molar-refractivity contribution in [2.24, 2.45) is 0 Å². The van der Waals surface area contributed by atoms with Gasteiger partial charge in [-0.15, -0.1) is 11.3 Å². The van der Waals surface area contributed by atoms with Gasteiger partial charge >= 0.3 is 11.8 Å². The lowest BCUT2D eigenvalue weighted by molar-refractivity contribution is -0.136. The van der Waals surface area contributed by atoms with Crippen molar-refractivity contribution in [3.05, 3.63) is 46.2 Å². The largest absolute Gasteiger partial charge is 0.495 e. The normalized spacial score (nSPS) is 11.6. The van der Waals surface area contributed by atoms with E-state index in [2.05, 4.69) is 10.6 Å². The molecule has 0 saturated heterocycles. The maximum Gasteiger partial charge on any atom is 0.313 e. The summed E-state index contributed by atoms with van der Waals surface area (Å²) in [6.07, 6.45) is 0. The van der Waals surface area contributed by atoms with Gasteiger partial charge in [-0.05, 0) is 36.1 Å². The lowest BCUT2D eigenvalue weighted by Gasteiger charge is -2.12. The summed E-state index contributed by atoms with van der Waals surface area (Å²) in [7, 11) is 1.52. The van der Waals surface area contributed by atoms with Crippen molar-refractivity contribution >= 4 is 28.8 Å². The van der Waals surface area contributed by atoms with Gasteiger partial charge in [0.05, 0.1) is 12.8 Å². The molecule has 0 radical (unpaired) electrons. The topological polar surface area (TPSA) is 67.4 Å². The predicted octanol–water partition coefficient (Wildman–Crippen LogP) is 2.92. The second kappa shape index (κ2) is 7.78. The van der Waals surface area contributed by atoms with Gasteiger partial charge in [-0.25, -0.2) is 0 Å². The van der Waals surface area contributed by atoms with E-state index in [0.717, 1.165) is 5.56 Å². The molecule has 122 valence electrons. The number of thiophene rings is 1. The fraction of sp³-hybridized carbons (Fsp3) is 0.294. The van der Waals surface area contributed by atoms with Crippen molar-refractivity contribution in [2.75, 3.05) is 19.0 Å². The average molecular weight is 332 g/mol. The zero-order valence-electron chi connectivity index (χ0n) is 13.4. The molecule has 23 heavy (non-hydrogen) atoms. The van der Waals surface area contributed by atoms with Gasteiger partial charge in [0.15, 0.2) is 0 Å². The van der Waals surface area contributed by atoms with Crippen molar-refractivity contribution < 1.29 is 14.3 Å². The molecule has 0 spiro atoms. The summed E-state index contributed by atoms with van der Waals surface area (Å²) < 4.78 is 5.21. The second-order valence-electron chi connectivity index (χ2n) is 5.28. The Morgan fingerprint density at radius 1 is 1.26 bits per heavy atom. The van der Waals surface area contributed by atoms with Gasteiger partial charge in [0.2, 0.25) is 0 Å². The van der Waals surface area contributed by atoms with Crippen LogP contribution in [0.25, 0.3) is 0 Å².